The van der Waals surface area contributed by atoms with Crippen LogP contribution >= 0.6 is 0 Å². The first kappa shape index (κ1) is 25.6. The van der Waals surface area contributed by atoms with Crippen molar-refractivity contribution in [1.29, 1.82) is 5.26 Å². The van der Waals surface area contributed by atoms with Gasteiger partial charge in [-0.2, -0.15) is 5.26 Å². The van der Waals surface area contributed by atoms with Gasteiger partial charge in [-0.05, 0) is 42.9 Å². The molecule has 38 heavy (non-hydrogen) atoms. The number of hydrogen-bond acceptors (Lipinski definition) is 8. The highest BCUT2D eigenvalue weighted by atomic mass is 32.2. The second-order valence-electron chi connectivity index (χ2n) is 9.23. The number of benzene rings is 3. The molecule has 0 amide bonds. The predicted molar refractivity (Wildman–Crippen MR) is 150 cm³/mol. The van der Waals surface area contributed by atoms with Crippen LogP contribution in [0.3, 0.4) is 0 Å². The maximum atomic E-state index is 12.5. The zero-order valence-electron chi connectivity index (χ0n) is 21.1. The van der Waals surface area contributed by atoms with Crippen molar-refractivity contribution >= 4 is 38.2 Å². The van der Waals surface area contributed by atoms with Gasteiger partial charge in [-0.3, -0.25) is 0 Å². The van der Waals surface area contributed by atoms with Crippen molar-refractivity contribution in [2.45, 2.75) is 11.3 Å². The minimum Gasteiger partial charge on any atom is -0.369 e. The number of sulfonamides is 1. The van der Waals surface area contributed by atoms with Crippen LogP contribution in [0.25, 0.3) is 22.0 Å². The second kappa shape index (κ2) is 11.1. The zero-order valence-corrected chi connectivity index (χ0v) is 21.9. The van der Waals surface area contributed by atoms with E-state index in [-0.39, 0.29) is 17.9 Å². The topological polar surface area (TPSA) is 114 Å². The molecule has 0 saturated carbocycles. The molecule has 0 aliphatic carbocycles. The average Bonchev–Trinajstić information content (AvgIpc) is 2.93. The van der Waals surface area contributed by atoms with Crippen molar-refractivity contribution in [2.75, 3.05) is 50.0 Å². The molecule has 1 saturated heterocycles. The van der Waals surface area contributed by atoms with Gasteiger partial charge in [-0.1, -0.05) is 36.4 Å². The Balaban J connectivity index is 1.39. The van der Waals surface area contributed by atoms with Gasteiger partial charge in [0.05, 0.1) is 16.5 Å². The summed E-state index contributed by atoms with van der Waals surface area (Å²) in [5.74, 6) is 0.487. The average molecular weight is 528 g/mol. The molecule has 0 radical (unpaired) electrons. The normalized spacial score (nSPS) is 14.4. The lowest BCUT2D eigenvalue weighted by Crippen LogP contribution is -2.44. The van der Waals surface area contributed by atoms with E-state index in [1.807, 2.05) is 36.4 Å². The van der Waals surface area contributed by atoms with Crippen molar-refractivity contribution < 1.29 is 8.42 Å². The molecule has 10 heteroatoms. The van der Waals surface area contributed by atoms with Crippen LogP contribution in [0.5, 0.6) is 0 Å². The number of nitriles is 1. The number of nitrogens with one attached hydrogen (secondary N) is 2. The number of nitrogens with zero attached hydrogens (tertiary/aromatic N) is 5. The molecular weight excluding hydrogens is 498 g/mol. The SMILES string of the molecule is CN1CCN(c2cccc(Nc3ncc4cccc(-c5ccc(S(=O)(=O)NCCC#N)cc5)c4n3)c2)CC1. The monoisotopic (exact) mass is 527 g/mol. The van der Waals surface area contributed by atoms with Gasteiger partial charge >= 0.3 is 0 Å². The molecule has 2 heterocycles. The summed E-state index contributed by atoms with van der Waals surface area (Å²) in [4.78, 5) is 14.2. The summed E-state index contributed by atoms with van der Waals surface area (Å²) in [6, 6.07) is 22.7. The first-order chi connectivity index (χ1) is 18.4. The van der Waals surface area contributed by atoms with E-state index in [1.54, 1.807) is 30.5 Å². The standard InChI is InChI=1S/C28H29N7O2S/c1-34-15-17-35(18-16-34)24-7-3-6-23(19-24)32-28-30-20-22-5-2-8-26(27(22)33-28)21-9-11-25(12-10-21)38(36,37)31-14-4-13-29/h2-3,5-12,19-20,31H,4,14-18H2,1H3,(H,30,32,33). The lowest BCUT2D eigenvalue weighted by Gasteiger charge is -2.34. The van der Waals surface area contributed by atoms with Crippen LogP contribution < -0.4 is 14.9 Å². The molecule has 0 unspecified atom stereocenters. The Hall–Kier alpha value is -4.04. The minimum absolute atomic E-state index is 0.0783. The first-order valence-electron chi connectivity index (χ1n) is 12.5. The molecule has 1 fully saturated rings. The Morgan fingerprint density at radius 2 is 1.76 bits per heavy atom. The Morgan fingerprint density at radius 3 is 2.53 bits per heavy atom. The number of aromatic nitrogens is 2. The highest BCUT2D eigenvalue weighted by molar-refractivity contribution is 7.89. The summed E-state index contributed by atoms with van der Waals surface area (Å²) in [6.07, 6.45) is 1.90. The van der Waals surface area contributed by atoms with Crippen LogP contribution in [0, 0.1) is 11.3 Å². The van der Waals surface area contributed by atoms with Gasteiger partial charge in [-0.25, -0.2) is 23.1 Å². The van der Waals surface area contributed by atoms with Gasteiger partial charge in [-0.15, -0.1) is 0 Å². The van der Waals surface area contributed by atoms with Crippen LogP contribution in [0.4, 0.5) is 17.3 Å². The lowest BCUT2D eigenvalue weighted by molar-refractivity contribution is 0.313. The van der Waals surface area contributed by atoms with E-state index in [1.165, 1.54) is 5.69 Å². The third kappa shape index (κ3) is 5.75. The molecular formula is C28H29N7O2S. The summed E-state index contributed by atoms with van der Waals surface area (Å²) in [7, 11) is -1.53. The quantitative estimate of drug-likeness (QED) is 0.331. The van der Waals surface area contributed by atoms with Crippen molar-refractivity contribution in [2.24, 2.45) is 0 Å². The summed E-state index contributed by atoms with van der Waals surface area (Å²) in [6.45, 7) is 4.14. The lowest BCUT2D eigenvalue weighted by atomic mass is 10.0. The zero-order chi connectivity index (χ0) is 26.5. The highest BCUT2D eigenvalue weighted by Crippen LogP contribution is 2.29. The second-order valence-corrected chi connectivity index (χ2v) is 11.0. The number of likely N-dealkylation sites (N-methyl/N-ethyl adjacent to an activating group) is 1. The highest BCUT2D eigenvalue weighted by Gasteiger charge is 2.16. The van der Waals surface area contributed by atoms with Crippen LogP contribution in [0.15, 0.2) is 77.8 Å². The number of hydrogen-bond donors (Lipinski definition) is 2. The summed E-state index contributed by atoms with van der Waals surface area (Å²) < 4.78 is 27.4. The molecule has 0 atom stereocenters. The van der Waals surface area contributed by atoms with E-state index in [0.29, 0.717) is 5.95 Å². The van der Waals surface area contributed by atoms with E-state index < -0.39 is 10.0 Å². The van der Waals surface area contributed by atoms with Crippen LogP contribution in [0.1, 0.15) is 6.42 Å². The molecule has 4 aromatic rings. The maximum absolute atomic E-state index is 12.5. The Kier molecular flexibility index (Phi) is 7.51. The van der Waals surface area contributed by atoms with Gasteiger partial charge in [0.25, 0.3) is 0 Å². The molecule has 9 nitrogen and oxygen atoms in total. The van der Waals surface area contributed by atoms with Crippen LogP contribution in [0.2, 0.25) is 0 Å². The molecule has 194 valence electrons. The van der Waals surface area contributed by atoms with E-state index in [9.17, 15) is 8.42 Å². The Morgan fingerprint density at radius 1 is 1.00 bits per heavy atom. The van der Waals surface area contributed by atoms with Crippen molar-refractivity contribution in [3.8, 4) is 17.2 Å². The van der Waals surface area contributed by atoms with Gasteiger partial charge in [0.2, 0.25) is 16.0 Å². The Bertz CT molecular complexity index is 1580. The van der Waals surface area contributed by atoms with Gasteiger partial charge in [0.15, 0.2) is 0 Å². The largest absolute Gasteiger partial charge is 0.369 e. The van der Waals surface area contributed by atoms with E-state index in [2.05, 4.69) is 44.0 Å². The predicted octanol–water partition coefficient (Wildman–Crippen LogP) is 3.98. The number of para-hydroxylation sites is 1. The Labute approximate surface area is 222 Å². The van der Waals surface area contributed by atoms with Gasteiger partial charge in [0, 0.05) is 67.7 Å². The molecule has 2 N–H and O–H groups in total. The van der Waals surface area contributed by atoms with Crippen LogP contribution in [-0.2, 0) is 10.0 Å². The first-order valence-corrected chi connectivity index (χ1v) is 13.9. The van der Waals surface area contributed by atoms with Crippen molar-refractivity contribution in [1.82, 2.24) is 19.6 Å². The van der Waals surface area contributed by atoms with E-state index in [0.717, 1.165) is 53.9 Å². The molecule has 5 rings (SSSR count). The summed E-state index contributed by atoms with van der Waals surface area (Å²) in [5.41, 5.74) is 4.57. The smallest absolute Gasteiger partial charge is 0.240 e. The number of piperazine rings is 1. The van der Waals surface area contributed by atoms with Crippen molar-refractivity contribution in [3.63, 3.8) is 0 Å². The molecule has 1 aliphatic rings. The third-order valence-corrected chi connectivity index (χ3v) is 8.06. The van der Waals surface area contributed by atoms with Crippen LogP contribution in [-0.4, -0.2) is 63.1 Å². The number of rotatable bonds is 8. The maximum Gasteiger partial charge on any atom is 0.240 e. The van der Waals surface area contributed by atoms with Gasteiger partial charge < -0.3 is 15.1 Å². The summed E-state index contributed by atoms with van der Waals surface area (Å²) in [5, 5.41) is 12.9. The molecule has 0 spiro atoms. The molecule has 0 bridgehead atoms. The fourth-order valence-corrected chi connectivity index (χ4v) is 5.49. The van der Waals surface area contributed by atoms with Crippen molar-refractivity contribution in [3.05, 3.63) is 72.9 Å². The molecule has 3 aromatic carbocycles. The fraction of sp³-hybridized carbons (Fsp3) is 0.250. The summed E-state index contributed by atoms with van der Waals surface area (Å²) >= 11 is 0. The number of fused-ring (bicyclic) bond motifs is 1. The minimum atomic E-state index is -3.67. The third-order valence-electron chi connectivity index (χ3n) is 6.59. The van der Waals surface area contributed by atoms with E-state index in [4.69, 9.17) is 10.2 Å². The van der Waals surface area contributed by atoms with Gasteiger partial charge in [0.1, 0.15) is 0 Å². The molecule has 1 aromatic heterocycles. The number of anilines is 3. The van der Waals surface area contributed by atoms with E-state index >= 15 is 0 Å². The molecule has 1 aliphatic heterocycles. The fourth-order valence-electron chi connectivity index (χ4n) is 4.46.